The lowest BCUT2D eigenvalue weighted by Crippen LogP contribution is -2.42. The Balaban J connectivity index is 1.51. The average molecular weight is 427 g/mol. The van der Waals surface area contributed by atoms with Crippen molar-refractivity contribution < 1.29 is 9.59 Å². The van der Waals surface area contributed by atoms with E-state index >= 15 is 0 Å². The van der Waals surface area contributed by atoms with E-state index in [-0.39, 0.29) is 11.8 Å². The zero-order valence-corrected chi connectivity index (χ0v) is 18.6. The number of amides is 2. The van der Waals surface area contributed by atoms with Crippen LogP contribution in [0.4, 0.5) is 0 Å². The van der Waals surface area contributed by atoms with Gasteiger partial charge in [0.15, 0.2) is 0 Å². The highest BCUT2D eigenvalue weighted by molar-refractivity contribution is 5.85. The largest absolute Gasteiger partial charge is 0.369 e. The molecule has 1 atom stereocenters. The summed E-state index contributed by atoms with van der Waals surface area (Å²) in [5.41, 5.74) is 10.9. The van der Waals surface area contributed by atoms with Crippen molar-refractivity contribution in [3.05, 3.63) is 95.6 Å². The summed E-state index contributed by atoms with van der Waals surface area (Å²) in [5.74, 6) is -0.237. The zero-order chi connectivity index (χ0) is 22.6. The number of nitrogens with two attached hydrogens (primary N) is 1. The Bertz CT molecular complexity index is 1110. The van der Waals surface area contributed by atoms with Crippen molar-refractivity contribution in [2.45, 2.75) is 32.6 Å². The van der Waals surface area contributed by atoms with Gasteiger partial charge in [-0.15, -0.1) is 0 Å². The molecule has 1 unspecified atom stereocenters. The van der Waals surface area contributed by atoms with E-state index in [1.165, 1.54) is 5.56 Å². The topological polar surface area (TPSA) is 63.4 Å². The van der Waals surface area contributed by atoms with Gasteiger partial charge in [0.2, 0.25) is 11.8 Å². The van der Waals surface area contributed by atoms with Gasteiger partial charge in [-0.1, -0.05) is 84.4 Å². The van der Waals surface area contributed by atoms with Gasteiger partial charge in [0.25, 0.3) is 0 Å². The van der Waals surface area contributed by atoms with E-state index < -0.39 is 5.41 Å². The Hall–Kier alpha value is -3.40. The summed E-state index contributed by atoms with van der Waals surface area (Å²) < 4.78 is 0. The number of likely N-dealkylation sites (tertiary alicyclic amines) is 1. The molecule has 32 heavy (non-hydrogen) atoms. The van der Waals surface area contributed by atoms with E-state index in [4.69, 9.17) is 5.73 Å². The van der Waals surface area contributed by atoms with Gasteiger partial charge in [-0.2, -0.15) is 0 Å². The van der Waals surface area contributed by atoms with Crippen molar-refractivity contribution >= 4 is 11.8 Å². The van der Waals surface area contributed by atoms with Crippen molar-refractivity contribution in [2.24, 2.45) is 11.1 Å². The minimum atomic E-state index is -0.734. The highest BCUT2D eigenvalue weighted by Gasteiger charge is 2.44. The van der Waals surface area contributed by atoms with E-state index in [1.54, 1.807) is 0 Å². The second kappa shape index (κ2) is 9.39. The molecule has 4 heteroatoms. The summed E-state index contributed by atoms with van der Waals surface area (Å²) in [5, 5.41) is 0. The van der Waals surface area contributed by atoms with Crippen LogP contribution in [0.5, 0.6) is 0 Å². The van der Waals surface area contributed by atoms with Crippen LogP contribution in [-0.4, -0.2) is 29.8 Å². The molecule has 1 saturated heterocycles. The molecule has 0 radical (unpaired) electrons. The third-order valence-electron chi connectivity index (χ3n) is 6.57. The highest BCUT2D eigenvalue weighted by Crippen LogP contribution is 2.37. The fourth-order valence-electron chi connectivity index (χ4n) is 4.71. The molecule has 2 amide bonds. The lowest BCUT2D eigenvalue weighted by molar-refractivity contribution is -0.132. The Morgan fingerprint density at radius 2 is 1.72 bits per heavy atom. The lowest BCUT2D eigenvalue weighted by Gasteiger charge is -2.27. The SMILES string of the molecule is Cc1cccc(-c2ccccc2CC2(C(N)=O)CCN(C(=O)CCc3ccccc3)C2)c1. The van der Waals surface area contributed by atoms with Crippen LogP contribution in [0.15, 0.2) is 78.9 Å². The second-order valence-electron chi connectivity index (χ2n) is 8.90. The molecule has 0 saturated carbocycles. The van der Waals surface area contributed by atoms with E-state index in [0.29, 0.717) is 38.8 Å². The van der Waals surface area contributed by atoms with Crippen LogP contribution in [0.3, 0.4) is 0 Å². The third kappa shape index (κ3) is 4.75. The Morgan fingerprint density at radius 1 is 0.969 bits per heavy atom. The normalized spacial score (nSPS) is 18.0. The van der Waals surface area contributed by atoms with Crippen LogP contribution >= 0.6 is 0 Å². The van der Waals surface area contributed by atoms with E-state index in [9.17, 15) is 9.59 Å². The molecule has 164 valence electrons. The van der Waals surface area contributed by atoms with Crippen molar-refractivity contribution in [1.29, 1.82) is 0 Å². The highest BCUT2D eigenvalue weighted by atomic mass is 16.2. The lowest BCUT2D eigenvalue weighted by atomic mass is 9.78. The minimum Gasteiger partial charge on any atom is -0.369 e. The number of carbonyl (C=O) groups excluding carboxylic acids is 2. The molecular weight excluding hydrogens is 396 g/mol. The van der Waals surface area contributed by atoms with Gasteiger partial charge in [-0.25, -0.2) is 0 Å². The first-order valence-electron chi connectivity index (χ1n) is 11.2. The van der Waals surface area contributed by atoms with Gasteiger partial charge in [0, 0.05) is 19.5 Å². The van der Waals surface area contributed by atoms with Crippen LogP contribution in [0.2, 0.25) is 0 Å². The van der Waals surface area contributed by atoms with Gasteiger partial charge in [0.05, 0.1) is 5.41 Å². The number of carbonyl (C=O) groups is 2. The summed E-state index contributed by atoms with van der Waals surface area (Å²) in [6, 6.07) is 26.6. The zero-order valence-electron chi connectivity index (χ0n) is 18.6. The van der Waals surface area contributed by atoms with Crippen LogP contribution in [0.25, 0.3) is 11.1 Å². The second-order valence-corrected chi connectivity index (χ2v) is 8.90. The molecule has 4 rings (SSSR count). The van der Waals surface area contributed by atoms with Gasteiger partial charge in [-0.3, -0.25) is 9.59 Å². The molecule has 1 aliphatic rings. The smallest absolute Gasteiger partial charge is 0.225 e. The summed E-state index contributed by atoms with van der Waals surface area (Å²) >= 11 is 0. The van der Waals surface area contributed by atoms with Crippen molar-refractivity contribution in [3.8, 4) is 11.1 Å². The van der Waals surface area contributed by atoms with Crippen molar-refractivity contribution in [1.82, 2.24) is 4.90 Å². The first kappa shape index (κ1) is 21.8. The van der Waals surface area contributed by atoms with Gasteiger partial charge < -0.3 is 10.6 Å². The van der Waals surface area contributed by atoms with Crippen LogP contribution in [0, 0.1) is 12.3 Å². The molecule has 2 N–H and O–H groups in total. The first-order valence-corrected chi connectivity index (χ1v) is 11.2. The van der Waals surface area contributed by atoms with Crippen LogP contribution in [-0.2, 0) is 22.4 Å². The maximum absolute atomic E-state index is 12.9. The molecule has 3 aromatic carbocycles. The van der Waals surface area contributed by atoms with Crippen molar-refractivity contribution in [3.63, 3.8) is 0 Å². The maximum Gasteiger partial charge on any atom is 0.225 e. The Labute approximate surface area is 190 Å². The molecule has 4 nitrogen and oxygen atoms in total. The van der Waals surface area contributed by atoms with Gasteiger partial charge in [0.1, 0.15) is 0 Å². The maximum atomic E-state index is 12.9. The number of primary amides is 1. The average Bonchev–Trinajstić information content (AvgIpc) is 3.24. The summed E-state index contributed by atoms with van der Waals surface area (Å²) in [6.07, 6.45) is 2.28. The number of benzene rings is 3. The fourth-order valence-corrected chi connectivity index (χ4v) is 4.71. The molecule has 1 aliphatic heterocycles. The number of hydrogen-bond donors (Lipinski definition) is 1. The number of aryl methyl sites for hydroxylation is 2. The summed E-state index contributed by atoms with van der Waals surface area (Å²) in [7, 11) is 0. The number of nitrogens with zero attached hydrogens (tertiary/aromatic N) is 1. The Kier molecular flexibility index (Phi) is 6.40. The molecule has 0 spiro atoms. The molecule has 1 heterocycles. The van der Waals surface area contributed by atoms with E-state index in [0.717, 1.165) is 22.3 Å². The summed E-state index contributed by atoms with van der Waals surface area (Å²) in [4.78, 5) is 27.4. The molecule has 3 aromatic rings. The predicted octanol–water partition coefficient (Wildman–Crippen LogP) is 4.54. The fraction of sp³-hybridized carbons (Fsp3) is 0.286. The van der Waals surface area contributed by atoms with E-state index in [2.05, 4.69) is 37.3 Å². The third-order valence-corrected chi connectivity index (χ3v) is 6.57. The molecule has 0 aromatic heterocycles. The molecule has 1 fully saturated rings. The monoisotopic (exact) mass is 426 g/mol. The van der Waals surface area contributed by atoms with Gasteiger partial charge in [-0.05, 0) is 48.4 Å². The van der Waals surface area contributed by atoms with Crippen molar-refractivity contribution in [2.75, 3.05) is 13.1 Å². The quantitative estimate of drug-likeness (QED) is 0.603. The first-order chi connectivity index (χ1) is 15.5. The van der Waals surface area contributed by atoms with E-state index in [1.807, 2.05) is 53.4 Å². The number of rotatable bonds is 7. The Morgan fingerprint density at radius 3 is 2.47 bits per heavy atom. The molecule has 0 aliphatic carbocycles. The molecule has 0 bridgehead atoms. The summed E-state index contributed by atoms with van der Waals surface area (Å²) in [6.45, 7) is 3.04. The van der Waals surface area contributed by atoms with Crippen LogP contribution < -0.4 is 5.73 Å². The molecular formula is C28H30N2O2. The predicted molar refractivity (Wildman–Crippen MR) is 128 cm³/mol. The number of hydrogen-bond acceptors (Lipinski definition) is 2. The minimum absolute atomic E-state index is 0.0870. The van der Waals surface area contributed by atoms with Crippen LogP contribution in [0.1, 0.15) is 29.5 Å². The standard InChI is InChI=1S/C28H30N2O2/c1-21-8-7-12-23(18-21)25-13-6-5-11-24(25)19-28(27(29)32)16-17-30(20-28)26(31)15-14-22-9-3-2-4-10-22/h2-13,18H,14-17,19-20H2,1H3,(H2,29,32). The van der Waals surface area contributed by atoms with Gasteiger partial charge >= 0.3 is 0 Å².